The zero-order valence-electron chi connectivity index (χ0n) is 17.4. The number of anilines is 2. The Morgan fingerprint density at radius 3 is 2.65 bits per heavy atom. The molecule has 0 fully saturated rings. The third-order valence-electron chi connectivity index (χ3n) is 6.02. The molecule has 1 amide bonds. The summed E-state index contributed by atoms with van der Waals surface area (Å²) >= 11 is 0. The van der Waals surface area contributed by atoms with Crippen LogP contribution in [0.5, 0.6) is 0 Å². The van der Waals surface area contributed by atoms with Gasteiger partial charge in [-0.05, 0) is 42.5 Å². The summed E-state index contributed by atoms with van der Waals surface area (Å²) in [6.45, 7) is 2.12. The number of nitrogens with one attached hydrogen (secondary N) is 2. The zero-order valence-corrected chi connectivity index (χ0v) is 17.4. The van der Waals surface area contributed by atoms with E-state index in [-0.39, 0.29) is 17.7 Å². The molecule has 156 valence electrons. The van der Waals surface area contributed by atoms with E-state index in [1.807, 2.05) is 30.3 Å². The van der Waals surface area contributed by atoms with Crippen LogP contribution in [0.25, 0.3) is 0 Å². The highest BCUT2D eigenvalue weighted by molar-refractivity contribution is 6.08. The van der Waals surface area contributed by atoms with Gasteiger partial charge in [-0.3, -0.25) is 9.59 Å². The summed E-state index contributed by atoms with van der Waals surface area (Å²) in [6.07, 6.45) is 4.68. The van der Waals surface area contributed by atoms with E-state index in [1.165, 1.54) is 5.56 Å². The van der Waals surface area contributed by atoms with Gasteiger partial charge in [-0.15, -0.1) is 0 Å². The Hall–Kier alpha value is -3.67. The minimum absolute atomic E-state index is 0.148. The van der Waals surface area contributed by atoms with E-state index in [9.17, 15) is 9.59 Å². The summed E-state index contributed by atoms with van der Waals surface area (Å²) in [5.74, 6) is 0.549. The second-order valence-corrected chi connectivity index (χ2v) is 7.96. The number of aromatic nitrogens is 2. The summed E-state index contributed by atoms with van der Waals surface area (Å²) in [7, 11) is 0. The molecule has 2 heterocycles. The first-order valence-electron chi connectivity index (χ1n) is 10.7. The number of benzene rings is 2. The molecule has 1 aliphatic heterocycles. The molecule has 2 aliphatic rings. The van der Waals surface area contributed by atoms with Crippen LogP contribution in [0.15, 0.2) is 72.1 Å². The molecular weight excluding hydrogens is 388 g/mol. The lowest BCUT2D eigenvalue weighted by molar-refractivity contribution is -0.116. The predicted octanol–water partition coefficient (Wildman–Crippen LogP) is 4.72. The van der Waals surface area contributed by atoms with Crippen molar-refractivity contribution in [2.24, 2.45) is 0 Å². The zero-order chi connectivity index (χ0) is 21.4. The molecule has 0 saturated carbocycles. The summed E-state index contributed by atoms with van der Waals surface area (Å²) in [6, 6.07) is 17.3. The number of ketones is 1. The Labute approximate surface area is 181 Å². The first-order valence-corrected chi connectivity index (χ1v) is 10.7. The van der Waals surface area contributed by atoms with Crippen molar-refractivity contribution >= 4 is 23.2 Å². The van der Waals surface area contributed by atoms with Crippen LogP contribution in [0.3, 0.4) is 0 Å². The summed E-state index contributed by atoms with van der Waals surface area (Å²) in [5.41, 5.74) is 5.10. The third-order valence-corrected chi connectivity index (χ3v) is 6.02. The lowest BCUT2D eigenvalue weighted by Crippen LogP contribution is -2.32. The number of carbonyl (C=O) groups excluding carboxylic acids is 2. The second kappa shape index (κ2) is 7.87. The molecule has 1 atom stereocenters. The van der Waals surface area contributed by atoms with Crippen LogP contribution in [0, 0.1) is 0 Å². The molecule has 0 bridgehead atoms. The number of hydrogen-bond acceptors (Lipinski definition) is 4. The number of para-hydroxylation sites is 1. The Bertz CT molecular complexity index is 1180. The number of rotatable bonds is 4. The lowest BCUT2D eigenvalue weighted by atomic mass is 9.85. The van der Waals surface area contributed by atoms with E-state index in [0.717, 1.165) is 41.8 Å². The van der Waals surface area contributed by atoms with Crippen molar-refractivity contribution in [1.82, 2.24) is 9.78 Å². The van der Waals surface area contributed by atoms with Crippen LogP contribution < -0.4 is 10.6 Å². The Morgan fingerprint density at radius 2 is 1.90 bits per heavy atom. The van der Waals surface area contributed by atoms with E-state index < -0.39 is 0 Å². The molecule has 6 nitrogen and oxygen atoms in total. The first kappa shape index (κ1) is 19.3. The number of aryl methyl sites for hydroxylation is 1. The molecule has 0 spiro atoms. The van der Waals surface area contributed by atoms with Gasteiger partial charge in [-0.1, -0.05) is 49.4 Å². The van der Waals surface area contributed by atoms with Crippen LogP contribution in [-0.2, 0) is 11.2 Å². The summed E-state index contributed by atoms with van der Waals surface area (Å²) < 4.78 is 1.78. The predicted molar refractivity (Wildman–Crippen MR) is 120 cm³/mol. The molecule has 1 aromatic heterocycles. The van der Waals surface area contributed by atoms with Crippen LogP contribution in [0.1, 0.15) is 53.7 Å². The molecule has 1 aliphatic carbocycles. The van der Waals surface area contributed by atoms with Crippen molar-refractivity contribution in [3.8, 4) is 0 Å². The Kier molecular flexibility index (Phi) is 4.90. The molecule has 6 heteroatoms. The average Bonchev–Trinajstić information content (AvgIpc) is 3.22. The van der Waals surface area contributed by atoms with Crippen LogP contribution in [0.2, 0.25) is 0 Å². The highest BCUT2D eigenvalue weighted by atomic mass is 16.1. The van der Waals surface area contributed by atoms with Crippen molar-refractivity contribution in [3.63, 3.8) is 0 Å². The number of nitrogens with zero attached hydrogens (tertiary/aromatic N) is 2. The standard InChI is InChI=1S/C25H24N4O2/c1-2-16-11-13-17(14-12-16)23-22-20(9-6-10-21(22)30)28-24-19(15-26-29(23)24)25(31)27-18-7-4-3-5-8-18/h3-5,7-8,11-15,23,28H,2,6,9-10H2,1H3,(H,27,31). The normalized spacial score (nSPS) is 17.6. The largest absolute Gasteiger partial charge is 0.343 e. The molecule has 2 aromatic carbocycles. The molecule has 3 aromatic rings. The Balaban J connectivity index is 1.57. The minimum atomic E-state index is -0.330. The number of hydrogen-bond donors (Lipinski definition) is 2. The number of carbonyl (C=O) groups is 2. The maximum absolute atomic E-state index is 13.0. The van der Waals surface area contributed by atoms with Gasteiger partial charge in [0.25, 0.3) is 5.91 Å². The quantitative estimate of drug-likeness (QED) is 0.650. The van der Waals surface area contributed by atoms with Gasteiger partial charge in [0.1, 0.15) is 17.4 Å². The van der Waals surface area contributed by atoms with Gasteiger partial charge in [-0.25, -0.2) is 4.68 Å². The van der Waals surface area contributed by atoms with E-state index >= 15 is 0 Å². The van der Waals surface area contributed by atoms with Gasteiger partial charge in [0.2, 0.25) is 0 Å². The SMILES string of the molecule is CCc1ccc(C2C3=C(CCCC3=O)Nc3c(C(=O)Nc4ccccc4)cnn32)cc1. The van der Waals surface area contributed by atoms with Gasteiger partial charge in [0.05, 0.1) is 6.20 Å². The molecule has 5 rings (SSSR count). The van der Waals surface area contributed by atoms with E-state index in [1.54, 1.807) is 10.9 Å². The topological polar surface area (TPSA) is 76.0 Å². The smallest absolute Gasteiger partial charge is 0.261 e. The molecular formula is C25H24N4O2. The average molecular weight is 412 g/mol. The summed E-state index contributed by atoms with van der Waals surface area (Å²) in [4.78, 5) is 25.9. The number of allylic oxidation sites excluding steroid dienone is 2. The van der Waals surface area contributed by atoms with Crippen molar-refractivity contribution < 1.29 is 9.59 Å². The maximum atomic E-state index is 13.0. The highest BCUT2D eigenvalue weighted by Crippen LogP contribution is 2.41. The highest BCUT2D eigenvalue weighted by Gasteiger charge is 2.37. The van der Waals surface area contributed by atoms with Gasteiger partial charge in [0, 0.05) is 23.4 Å². The van der Waals surface area contributed by atoms with Gasteiger partial charge < -0.3 is 10.6 Å². The van der Waals surface area contributed by atoms with Gasteiger partial charge in [0.15, 0.2) is 5.78 Å². The molecule has 1 unspecified atom stereocenters. The van der Waals surface area contributed by atoms with E-state index in [4.69, 9.17) is 0 Å². The van der Waals surface area contributed by atoms with Crippen molar-refractivity contribution in [1.29, 1.82) is 0 Å². The van der Waals surface area contributed by atoms with Crippen LogP contribution >= 0.6 is 0 Å². The molecule has 0 radical (unpaired) electrons. The van der Waals surface area contributed by atoms with Crippen LogP contribution in [0.4, 0.5) is 11.5 Å². The first-order chi connectivity index (χ1) is 15.2. The number of Topliss-reactive ketones (excluding diaryl/α,β-unsaturated/α-hetero) is 1. The lowest BCUT2D eigenvalue weighted by Gasteiger charge is -2.33. The van der Waals surface area contributed by atoms with Crippen molar-refractivity contribution in [3.05, 3.63) is 88.8 Å². The number of fused-ring (bicyclic) bond motifs is 1. The molecule has 0 saturated heterocycles. The summed E-state index contributed by atoms with van der Waals surface area (Å²) in [5, 5.41) is 10.8. The van der Waals surface area contributed by atoms with Crippen molar-refractivity contribution in [2.45, 2.75) is 38.6 Å². The monoisotopic (exact) mass is 412 g/mol. The Morgan fingerprint density at radius 1 is 1.13 bits per heavy atom. The fourth-order valence-corrected chi connectivity index (χ4v) is 4.39. The maximum Gasteiger partial charge on any atom is 0.261 e. The van der Waals surface area contributed by atoms with Crippen LogP contribution in [-0.4, -0.2) is 21.5 Å². The molecule has 2 N–H and O–H groups in total. The van der Waals surface area contributed by atoms with Gasteiger partial charge in [-0.2, -0.15) is 5.10 Å². The van der Waals surface area contributed by atoms with Crippen molar-refractivity contribution in [2.75, 3.05) is 10.6 Å². The van der Waals surface area contributed by atoms with Gasteiger partial charge >= 0.3 is 0 Å². The third kappa shape index (κ3) is 3.44. The van der Waals surface area contributed by atoms with E-state index in [2.05, 4.69) is 46.9 Å². The second-order valence-electron chi connectivity index (χ2n) is 7.96. The molecule has 31 heavy (non-hydrogen) atoms. The fraction of sp³-hybridized carbons (Fsp3) is 0.240. The number of amides is 1. The fourth-order valence-electron chi connectivity index (χ4n) is 4.39. The minimum Gasteiger partial charge on any atom is -0.343 e. The van der Waals surface area contributed by atoms with E-state index in [0.29, 0.717) is 17.8 Å².